The summed E-state index contributed by atoms with van der Waals surface area (Å²) >= 11 is 0. The van der Waals surface area contributed by atoms with Gasteiger partial charge >= 0.3 is 0 Å². The van der Waals surface area contributed by atoms with E-state index < -0.39 is 10.0 Å². The van der Waals surface area contributed by atoms with Gasteiger partial charge in [0, 0.05) is 12.1 Å². The molecule has 0 spiro atoms. The standard InChI is InChI=1S/C17H21NO4S/c1-4-15(13-8-6-5-7-9-13)18-23(19,20)14-10-11-16(21-2)17(12-14)22-3/h5-12,15,18H,4H2,1-3H3. The van der Waals surface area contributed by atoms with E-state index in [1.54, 1.807) is 6.07 Å². The monoisotopic (exact) mass is 335 g/mol. The molecule has 2 rings (SSSR count). The summed E-state index contributed by atoms with van der Waals surface area (Å²) in [6, 6.07) is 13.8. The van der Waals surface area contributed by atoms with Crippen LogP contribution in [-0.4, -0.2) is 22.6 Å². The lowest BCUT2D eigenvalue weighted by Crippen LogP contribution is -2.28. The second kappa shape index (κ2) is 7.48. The topological polar surface area (TPSA) is 64.6 Å². The first kappa shape index (κ1) is 17.3. The van der Waals surface area contributed by atoms with E-state index in [9.17, 15) is 8.42 Å². The number of hydrogen-bond acceptors (Lipinski definition) is 4. The molecule has 0 radical (unpaired) electrons. The Balaban J connectivity index is 2.31. The molecular formula is C17H21NO4S. The zero-order valence-corrected chi connectivity index (χ0v) is 14.3. The lowest BCUT2D eigenvalue weighted by molar-refractivity contribution is 0.354. The first-order chi connectivity index (χ1) is 11.0. The van der Waals surface area contributed by atoms with Crippen molar-refractivity contribution >= 4 is 10.0 Å². The van der Waals surface area contributed by atoms with Gasteiger partial charge < -0.3 is 9.47 Å². The molecule has 1 N–H and O–H groups in total. The van der Waals surface area contributed by atoms with Gasteiger partial charge in [0.1, 0.15) is 0 Å². The zero-order valence-electron chi connectivity index (χ0n) is 13.4. The third-order valence-electron chi connectivity index (χ3n) is 3.57. The molecule has 0 aliphatic carbocycles. The number of benzene rings is 2. The molecule has 0 aliphatic heterocycles. The number of rotatable bonds is 7. The van der Waals surface area contributed by atoms with E-state index in [0.29, 0.717) is 17.9 Å². The van der Waals surface area contributed by atoms with Crippen LogP contribution >= 0.6 is 0 Å². The maximum atomic E-state index is 12.6. The van der Waals surface area contributed by atoms with Crippen molar-refractivity contribution in [2.75, 3.05) is 14.2 Å². The van der Waals surface area contributed by atoms with E-state index in [2.05, 4.69) is 4.72 Å². The Morgan fingerprint density at radius 1 is 1.00 bits per heavy atom. The van der Waals surface area contributed by atoms with Gasteiger partial charge in [-0.3, -0.25) is 0 Å². The minimum Gasteiger partial charge on any atom is -0.493 e. The van der Waals surface area contributed by atoms with Gasteiger partial charge in [-0.25, -0.2) is 13.1 Å². The van der Waals surface area contributed by atoms with Gasteiger partial charge in [0.15, 0.2) is 11.5 Å². The van der Waals surface area contributed by atoms with Crippen molar-refractivity contribution in [1.82, 2.24) is 4.72 Å². The van der Waals surface area contributed by atoms with Crippen molar-refractivity contribution in [3.05, 3.63) is 54.1 Å². The van der Waals surface area contributed by atoms with Crippen LogP contribution in [0.15, 0.2) is 53.4 Å². The van der Waals surface area contributed by atoms with Crippen molar-refractivity contribution in [3.8, 4) is 11.5 Å². The van der Waals surface area contributed by atoms with Gasteiger partial charge in [0.2, 0.25) is 10.0 Å². The maximum absolute atomic E-state index is 12.6. The van der Waals surface area contributed by atoms with Gasteiger partial charge in [0.05, 0.1) is 19.1 Å². The summed E-state index contributed by atoms with van der Waals surface area (Å²) in [6.07, 6.45) is 0.649. The van der Waals surface area contributed by atoms with Crippen molar-refractivity contribution in [2.24, 2.45) is 0 Å². The number of nitrogens with one attached hydrogen (secondary N) is 1. The van der Waals surface area contributed by atoms with Crippen molar-refractivity contribution in [2.45, 2.75) is 24.3 Å². The van der Waals surface area contributed by atoms with Gasteiger partial charge in [-0.1, -0.05) is 37.3 Å². The molecule has 0 aromatic heterocycles. The van der Waals surface area contributed by atoms with Crippen molar-refractivity contribution in [1.29, 1.82) is 0 Å². The second-order valence-corrected chi connectivity index (χ2v) is 6.72. The smallest absolute Gasteiger partial charge is 0.241 e. The molecule has 2 aromatic carbocycles. The minimum absolute atomic E-state index is 0.143. The average molecular weight is 335 g/mol. The molecule has 6 heteroatoms. The summed E-state index contributed by atoms with van der Waals surface area (Å²) in [5.41, 5.74) is 0.930. The Hall–Kier alpha value is -2.05. The van der Waals surface area contributed by atoms with Crippen LogP contribution in [0.25, 0.3) is 0 Å². The lowest BCUT2D eigenvalue weighted by Gasteiger charge is -2.18. The first-order valence-electron chi connectivity index (χ1n) is 7.31. The summed E-state index contributed by atoms with van der Waals surface area (Å²) in [4.78, 5) is 0.143. The molecule has 0 saturated heterocycles. The molecule has 23 heavy (non-hydrogen) atoms. The molecule has 124 valence electrons. The molecule has 1 atom stereocenters. The van der Waals surface area contributed by atoms with Gasteiger partial charge in [0.25, 0.3) is 0 Å². The molecule has 0 aliphatic rings. The molecule has 0 fully saturated rings. The van der Waals surface area contributed by atoms with E-state index in [1.165, 1.54) is 26.4 Å². The number of methoxy groups -OCH3 is 2. The maximum Gasteiger partial charge on any atom is 0.241 e. The first-order valence-corrected chi connectivity index (χ1v) is 8.79. The molecule has 0 saturated carbocycles. The van der Waals surface area contributed by atoms with Crippen LogP contribution in [0.4, 0.5) is 0 Å². The third kappa shape index (κ3) is 4.03. The van der Waals surface area contributed by atoms with Gasteiger partial charge in [-0.05, 0) is 24.1 Å². The fraction of sp³-hybridized carbons (Fsp3) is 0.294. The largest absolute Gasteiger partial charge is 0.493 e. The van der Waals surface area contributed by atoms with Crippen molar-refractivity contribution < 1.29 is 17.9 Å². The lowest BCUT2D eigenvalue weighted by atomic mass is 10.1. The third-order valence-corrected chi connectivity index (χ3v) is 5.04. The minimum atomic E-state index is -3.66. The fourth-order valence-electron chi connectivity index (χ4n) is 2.31. The normalized spacial score (nSPS) is 12.7. The van der Waals surface area contributed by atoms with Crippen LogP contribution in [0.2, 0.25) is 0 Å². The molecule has 0 heterocycles. The quantitative estimate of drug-likeness (QED) is 0.844. The highest BCUT2D eigenvalue weighted by atomic mass is 32.2. The predicted molar refractivity (Wildman–Crippen MR) is 89.3 cm³/mol. The predicted octanol–water partition coefficient (Wildman–Crippen LogP) is 3.13. The van der Waals surface area contributed by atoms with E-state index >= 15 is 0 Å². The average Bonchev–Trinajstić information content (AvgIpc) is 2.59. The summed E-state index contributed by atoms with van der Waals surface area (Å²) in [5.74, 6) is 0.865. The highest BCUT2D eigenvalue weighted by molar-refractivity contribution is 7.89. The summed E-state index contributed by atoms with van der Waals surface area (Å²) in [6.45, 7) is 1.94. The molecule has 0 amide bonds. The summed E-state index contributed by atoms with van der Waals surface area (Å²) in [7, 11) is -0.683. The van der Waals surface area contributed by atoms with E-state index in [0.717, 1.165) is 5.56 Å². The zero-order chi connectivity index (χ0) is 16.9. The van der Waals surface area contributed by atoms with Crippen LogP contribution in [-0.2, 0) is 10.0 Å². The fourth-order valence-corrected chi connectivity index (χ4v) is 3.63. The molecule has 5 nitrogen and oxygen atoms in total. The Labute approximate surface area is 137 Å². The van der Waals surface area contributed by atoms with Crippen molar-refractivity contribution in [3.63, 3.8) is 0 Å². The van der Waals surface area contributed by atoms with Crippen LogP contribution in [0.1, 0.15) is 24.9 Å². The molecule has 1 unspecified atom stereocenters. The Bertz CT molecular complexity index is 744. The van der Waals surface area contributed by atoms with Crippen LogP contribution < -0.4 is 14.2 Å². The Kier molecular flexibility index (Phi) is 5.63. The SMILES string of the molecule is CCC(NS(=O)(=O)c1ccc(OC)c(OC)c1)c1ccccc1. The Morgan fingerprint density at radius 3 is 2.22 bits per heavy atom. The van der Waals surface area contributed by atoms with Crippen LogP contribution in [0.3, 0.4) is 0 Å². The van der Waals surface area contributed by atoms with E-state index in [4.69, 9.17) is 9.47 Å². The van der Waals surface area contributed by atoms with E-state index in [1.807, 2.05) is 37.3 Å². The van der Waals surface area contributed by atoms with Gasteiger partial charge in [-0.2, -0.15) is 0 Å². The molecule has 2 aromatic rings. The second-order valence-electron chi connectivity index (χ2n) is 5.01. The highest BCUT2D eigenvalue weighted by Gasteiger charge is 2.21. The highest BCUT2D eigenvalue weighted by Crippen LogP contribution is 2.30. The van der Waals surface area contributed by atoms with Crippen LogP contribution in [0, 0.1) is 0 Å². The number of hydrogen-bond donors (Lipinski definition) is 1. The van der Waals surface area contributed by atoms with E-state index in [-0.39, 0.29) is 10.9 Å². The van der Waals surface area contributed by atoms with Crippen LogP contribution in [0.5, 0.6) is 11.5 Å². The summed E-state index contributed by atoms with van der Waals surface area (Å²) < 4.78 is 38.3. The molecule has 0 bridgehead atoms. The summed E-state index contributed by atoms with van der Waals surface area (Å²) in [5, 5.41) is 0. The van der Waals surface area contributed by atoms with Gasteiger partial charge in [-0.15, -0.1) is 0 Å². The Morgan fingerprint density at radius 2 is 1.65 bits per heavy atom. The molecular weight excluding hydrogens is 314 g/mol. The number of ether oxygens (including phenoxy) is 2. The number of sulfonamides is 1.